The van der Waals surface area contributed by atoms with Crippen LogP contribution in [-0.4, -0.2) is 47.8 Å². The van der Waals surface area contributed by atoms with E-state index in [-0.39, 0.29) is 41.5 Å². The van der Waals surface area contributed by atoms with Crippen LogP contribution in [0.3, 0.4) is 0 Å². The van der Waals surface area contributed by atoms with Crippen molar-refractivity contribution in [1.29, 1.82) is 0 Å². The predicted octanol–water partition coefficient (Wildman–Crippen LogP) is 1.28. The molecule has 1 heterocycles. The average Bonchev–Trinajstić information content (AvgIpc) is 2.67. The van der Waals surface area contributed by atoms with E-state index in [0.717, 1.165) is 0 Å². The van der Waals surface area contributed by atoms with Crippen molar-refractivity contribution in [3.8, 4) is 0 Å². The lowest BCUT2D eigenvalue weighted by atomic mass is 10.0. The van der Waals surface area contributed by atoms with Gasteiger partial charge in [0, 0.05) is 19.0 Å². The van der Waals surface area contributed by atoms with Crippen LogP contribution in [0.25, 0.3) is 0 Å². The Morgan fingerprint density at radius 2 is 1.83 bits per heavy atom. The third kappa shape index (κ3) is 1.95. The van der Waals surface area contributed by atoms with Crippen LogP contribution in [0.15, 0.2) is 0 Å². The third-order valence-corrected chi connectivity index (χ3v) is 5.11. The lowest BCUT2D eigenvalue weighted by molar-refractivity contribution is -0.149. The number of aliphatic hydroxyl groups is 1. The molecule has 1 N–H and O–H groups in total. The van der Waals surface area contributed by atoms with E-state index < -0.39 is 0 Å². The number of rotatable bonds is 2. The van der Waals surface area contributed by atoms with Crippen LogP contribution in [0.4, 0.5) is 0 Å². The molecule has 104 valence electrons. The van der Waals surface area contributed by atoms with E-state index >= 15 is 0 Å². The van der Waals surface area contributed by atoms with Crippen molar-refractivity contribution in [2.75, 3.05) is 19.7 Å². The van der Waals surface area contributed by atoms with Gasteiger partial charge in [0.25, 0.3) is 0 Å². The molecule has 1 saturated heterocycles. The Balaban J connectivity index is 2.06. The number of carbonyl (C=O) groups is 1. The first-order valence-electron chi connectivity index (χ1n) is 6.77. The zero-order valence-electron chi connectivity index (χ0n) is 12.1. The highest BCUT2D eigenvalue weighted by atomic mass is 16.5. The molecule has 1 amide bonds. The molecule has 0 aromatic heterocycles. The van der Waals surface area contributed by atoms with Crippen LogP contribution in [0.1, 0.15) is 34.6 Å². The van der Waals surface area contributed by atoms with Crippen LogP contribution < -0.4 is 0 Å². The van der Waals surface area contributed by atoms with Gasteiger partial charge in [-0.25, -0.2) is 0 Å². The van der Waals surface area contributed by atoms with Gasteiger partial charge in [-0.2, -0.15) is 0 Å². The fraction of sp³-hybridized carbons (Fsp3) is 0.929. The highest BCUT2D eigenvalue weighted by molar-refractivity contribution is 5.84. The fourth-order valence-corrected chi connectivity index (χ4v) is 3.32. The number of morpholine rings is 1. The second-order valence-corrected chi connectivity index (χ2v) is 6.87. The number of hydrogen-bond donors (Lipinski definition) is 1. The van der Waals surface area contributed by atoms with Gasteiger partial charge in [0.05, 0.1) is 18.8 Å². The highest BCUT2D eigenvalue weighted by Crippen LogP contribution is 2.68. The Morgan fingerprint density at radius 3 is 2.28 bits per heavy atom. The van der Waals surface area contributed by atoms with E-state index in [1.54, 1.807) is 0 Å². The van der Waals surface area contributed by atoms with Crippen LogP contribution in [-0.2, 0) is 9.53 Å². The predicted molar refractivity (Wildman–Crippen MR) is 69.1 cm³/mol. The standard InChI is InChI=1S/C14H25NO3/c1-9-6-15(7-10(8-16)18-9)12(17)11-13(2,3)14(11,4)5/h9-11,16H,6-8H2,1-5H3. The number of ether oxygens (including phenoxy) is 1. The third-order valence-electron chi connectivity index (χ3n) is 5.11. The van der Waals surface area contributed by atoms with Gasteiger partial charge in [0.1, 0.15) is 0 Å². The van der Waals surface area contributed by atoms with E-state index in [1.807, 2.05) is 11.8 Å². The van der Waals surface area contributed by atoms with Crippen molar-refractivity contribution in [2.24, 2.45) is 16.7 Å². The number of nitrogens with zero attached hydrogens (tertiary/aromatic N) is 1. The first-order chi connectivity index (χ1) is 8.21. The Morgan fingerprint density at radius 1 is 1.28 bits per heavy atom. The summed E-state index contributed by atoms with van der Waals surface area (Å²) in [5, 5.41) is 9.20. The quantitative estimate of drug-likeness (QED) is 0.808. The van der Waals surface area contributed by atoms with Gasteiger partial charge in [0.15, 0.2) is 0 Å². The monoisotopic (exact) mass is 255 g/mol. The summed E-state index contributed by atoms with van der Waals surface area (Å²) in [4.78, 5) is 14.5. The van der Waals surface area contributed by atoms with E-state index in [1.165, 1.54) is 0 Å². The Kier molecular flexibility index (Phi) is 3.23. The molecular weight excluding hydrogens is 230 g/mol. The normalized spacial score (nSPS) is 34.4. The molecule has 4 heteroatoms. The second kappa shape index (κ2) is 4.20. The van der Waals surface area contributed by atoms with E-state index in [9.17, 15) is 9.90 Å². The zero-order valence-corrected chi connectivity index (χ0v) is 12.1. The summed E-state index contributed by atoms with van der Waals surface area (Å²) in [7, 11) is 0. The van der Waals surface area contributed by atoms with E-state index in [2.05, 4.69) is 27.7 Å². The van der Waals surface area contributed by atoms with E-state index in [0.29, 0.717) is 13.1 Å². The number of hydrogen-bond acceptors (Lipinski definition) is 3. The molecule has 0 bridgehead atoms. The van der Waals surface area contributed by atoms with Gasteiger partial charge >= 0.3 is 0 Å². The summed E-state index contributed by atoms with van der Waals surface area (Å²) in [6.45, 7) is 11.7. The molecule has 2 unspecified atom stereocenters. The van der Waals surface area contributed by atoms with Gasteiger partial charge in [-0.05, 0) is 17.8 Å². The molecule has 1 aliphatic carbocycles. The summed E-state index contributed by atoms with van der Waals surface area (Å²) in [6, 6.07) is 0. The maximum atomic E-state index is 12.6. The van der Waals surface area contributed by atoms with Crippen molar-refractivity contribution >= 4 is 5.91 Å². The SMILES string of the molecule is CC1CN(C(=O)C2C(C)(C)C2(C)C)CC(CO)O1. The first kappa shape index (κ1) is 13.8. The summed E-state index contributed by atoms with van der Waals surface area (Å²) in [5.74, 6) is 0.313. The van der Waals surface area contributed by atoms with Crippen LogP contribution in [0.5, 0.6) is 0 Å². The van der Waals surface area contributed by atoms with Gasteiger partial charge in [-0.1, -0.05) is 27.7 Å². The first-order valence-corrected chi connectivity index (χ1v) is 6.77. The minimum absolute atomic E-state index is 0.00447. The van der Waals surface area contributed by atoms with E-state index in [4.69, 9.17) is 4.74 Å². The molecule has 2 aliphatic rings. The Hall–Kier alpha value is -0.610. The summed E-state index contributed by atoms with van der Waals surface area (Å²) in [6.07, 6.45) is -0.229. The van der Waals surface area contributed by atoms with Crippen LogP contribution >= 0.6 is 0 Å². The molecule has 1 saturated carbocycles. The molecule has 18 heavy (non-hydrogen) atoms. The molecule has 1 aliphatic heterocycles. The minimum atomic E-state index is -0.234. The molecule has 0 spiro atoms. The minimum Gasteiger partial charge on any atom is -0.394 e. The van der Waals surface area contributed by atoms with Crippen molar-refractivity contribution in [3.63, 3.8) is 0 Å². The molecule has 2 fully saturated rings. The topological polar surface area (TPSA) is 49.8 Å². The summed E-state index contributed by atoms with van der Waals surface area (Å²) < 4.78 is 5.58. The Labute approximate surface area is 109 Å². The average molecular weight is 255 g/mol. The van der Waals surface area contributed by atoms with Crippen LogP contribution in [0.2, 0.25) is 0 Å². The lowest BCUT2D eigenvalue weighted by Gasteiger charge is -2.36. The molecule has 2 atom stereocenters. The maximum Gasteiger partial charge on any atom is 0.226 e. The van der Waals surface area contributed by atoms with Crippen LogP contribution in [0, 0.1) is 16.7 Å². The smallest absolute Gasteiger partial charge is 0.226 e. The molecule has 0 radical (unpaired) electrons. The fourth-order valence-electron chi connectivity index (χ4n) is 3.32. The number of amides is 1. The van der Waals surface area contributed by atoms with Crippen molar-refractivity contribution in [1.82, 2.24) is 4.90 Å². The zero-order chi connectivity index (χ0) is 13.7. The lowest BCUT2D eigenvalue weighted by Crippen LogP contribution is -2.51. The molecule has 4 nitrogen and oxygen atoms in total. The molecule has 0 aromatic rings. The Bertz CT molecular complexity index is 337. The van der Waals surface area contributed by atoms with Gasteiger partial charge < -0.3 is 14.7 Å². The van der Waals surface area contributed by atoms with Gasteiger partial charge in [0.2, 0.25) is 5.91 Å². The van der Waals surface area contributed by atoms with Crippen molar-refractivity contribution in [2.45, 2.75) is 46.8 Å². The molecule has 0 aromatic carbocycles. The number of carbonyl (C=O) groups excluding carboxylic acids is 1. The summed E-state index contributed by atoms with van der Waals surface area (Å²) >= 11 is 0. The molecular formula is C14H25NO3. The van der Waals surface area contributed by atoms with Crippen molar-refractivity contribution in [3.05, 3.63) is 0 Å². The largest absolute Gasteiger partial charge is 0.394 e. The van der Waals surface area contributed by atoms with Crippen molar-refractivity contribution < 1.29 is 14.6 Å². The molecule has 2 rings (SSSR count). The summed E-state index contributed by atoms with van der Waals surface area (Å²) in [5.41, 5.74) is 0.140. The number of aliphatic hydroxyl groups excluding tert-OH is 1. The highest BCUT2D eigenvalue weighted by Gasteiger charge is 2.68. The van der Waals surface area contributed by atoms with Gasteiger partial charge in [-0.3, -0.25) is 4.79 Å². The second-order valence-electron chi connectivity index (χ2n) is 6.87. The maximum absolute atomic E-state index is 12.6. The van der Waals surface area contributed by atoms with Gasteiger partial charge in [-0.15, -0.1) is 0 Å².